The van der Waals surface area contributed by atoms with E-state index in [2.05, 4.69) is 37.2 Å². The van der Waals surface area contributed by atoms with Gasteiger partial charge >= 0.3 is 6.03 Å². The smallest absolute Gasteiger partial charge is 0.323 e. The first-order valence-corrected chi connectivity index (χ1v) is 4.21. The van der Waals surface area contributed by atoms with Crippen LogP contribution in [-0.2, 0) is 4.79 Å². The van der Waals surface area contributed by atoms with Gasteiger partial charge in [0.2, 0.25) is 3.23 Å². The van der Waals surface area contributed by atoms with Gasteiger partial charge in [0.1, 0.15) is 0 Å². The predicted molar refractivity (Wildman–Crippen MR) is 43.3 cm³/mol. The van der Waals surface area contributed by atoms with Crippen molar-refractivity contribution in [1.29, 1.82) is 0 Å². The van der Waals surface area contributed by atoms with Gasteiger partial charge in [-0.3, -0.25) is 10.1 Å². The number of imide groups is 1. The molecule has 1 saturated heterocycles. The molecule has 1 unspecified atom stereocenters. The molecule has 0 aromatic carbocycles. The third kappa shape index (κ3) is 1.54. The number of aliphatic hydroxyl groups is 1. The fourth-order valence-electron chi connectivity index (χ4n) is 0.562. The van der Waals surface area contributed by atoms with Crippen molar-refractivity contribution >= 4 is 43.8 Å². The fourth-order valence-corrected chi connectivity index (χ4v) is 0.989. The van der Waals surface area contributed by atoms with Crippen molar-refractivity contribution in [1.82, 2.24) is 10.6 Å². The monoisotopic (exact) mass is 286 g/mol. The van der Waals surface area contributed by atoms with E-state index < -0.39 is 21.4 Å². The maximum atomic E-state index is 10.9. The van der Waals surface area contributed by atoms with Gasteiger partial charge in [-0.1, -0.05) is 31.9 Å². The Kier molecular flexibility index (Phi) is 2.22. The summed E-state index contributed by atoms with van der Waals surface area (Å²) < 4.78 is -1.33. The summed E-state index contributed by atoms with van der Waals surface area (Å²) in [5.41, 5.74) is 0. The molecule has 0 aliphatic carbocycles. The van der Waals surface area contributed by atoms with E-state index in [0.29, 0.717) is 0 Å². The van der Waals surface area contributed by atoms with Crippen molar-refractivity contribution in [3.05, 3.63) is 0 Å². The minimum absolute atomic E-state index is 0.631. The van der Waals surface area contributed by atoms with Gasteiger partial charge < -0.3 is 10.4 Å². The van der Waals surface area contributed by atoms with Crippen LogP contribution >= 0.6 is 31.9 Å². The number of rotatable bonds is 0. The van der Waals surface area contributed by atoms with Gasteiger partial charge in [-0.15, -0.1) is 0 Å². The van der Waals surface area contributed by atoms with Gasteiger partial charge in [0.05, 0.1) is 0 Å². The summed E-state index contributed by atoms with van der Waals surface area (Å²) in [6, 6.07) is -0.711. The van der Waals surface area contributed by atoms with Crippen LogP contribution in [0.5, 0.6) is 0 Å². The van der Waals surface area contributed by atoms with Gasteiger partial charge in [-0.05, 0) is 0 Å². The summed E-state index contributed by atoms with van der Waals surface area (Å²) in [5.74, 6) is -0.631. The molecule has 0 saturated carbocycles. The first kappa shape index (κ1) is 8.95. The number of amides is 3. The third-order valence-electron chi connectivity index (χ3n) is 1.14. The summed E-state index contributed by atoms with van der Waals surface area (Å²) in [6.07, 6.45) is -1.27. The topological polar surface area (TPSA) is 78.4 Å². The second kappa shape index (κ2) is 2.72. The molecule has 0 aromatic heterocycles. The molecule has 5 nitrogen and oxygen atoms in total. The number of nitrogens with one attached hydrogen (secondary N) is 2. The second-order valence-electron chi connectivity index (χ2n) is 1.95. The van der Waals surface area contributed by atoms with Crippen molar-refractivity contribution in [2.45, 2.75) is 9.46 Å². The molecule has 1 rings (SSSR count). The summed E-state index contributed by atoms with van der Waals surface area (Å²) in [4.78, 5) is 21.4. The average Bonchev–Trinajstić information content (AvgIpc) is 1.84. The maximum Gasteiger partial charge on any atom is 0.323 e. The SMILES string of the molecule is O=C1NC(=O)C(Br)(Br)C(O)N1. The third-order valence-corrected chi connectivity index (χ3v) is 2.73. The van der Waals surface area contributed by atoms with Crippen molar-refractivity contribution in [3.8, 4) is 0 Å². The lowest BCUT2D eigenvalue weighted by molar-refractivity contribution is -0.123. The van der Waals surface area contributed by atoms with Crippen LogP contribution in [0.4, 0.5) is 4.79 Å². The molecule has 11 heavy (non-hydrogen) atoms. The van der Waals surface area contributed by atoms with E-state index in [1.165, 1.54) is 0 Å². The Bertz CT molecular complexity index is 217. The molecule has 0 radical (unpaired) electrons. The number of aliphatic hydroxyl groups excluding tert-OH is 1. The first-order chi connectivity index (χ1) is 4.94. The second-order valence-corrected chi connectivity index (χ2v) is 5.52. The number of hydrogen-bond donors (Lipinski definition) is 3. The Labute approximate surface area is 78.8 Å². The van der Waals surface area contributed by atoms with E-state index in [-0.39, 0.29) is 0 Å². The quantitative estimate of drug-likeness (QED) is 0.532. The number of hydrogen-bond acceptors (Lipinski definition) is 3. The van der Waals surface area contributed by atoms with Crippen molar-refractivity contribution < 1.29 is 14.7 Å². The van der Waals surface area contributed by atoms with E-state index >= 15 is 0 Å². The normalized spacial score (nSPS) is 29.2. The number of carbonyl (C=O) groups is 2. The maximum absolute atomic E-state index is 10.9. The van der Waals surface area contributed by atoms with Crippen molar-refractivity contribution in [2.75, 3.05) is 0 Å². The zero-order valence-electron chi connectivity index (χ0n) is 5.10. The lowest BCUT2D eigenvalue weighted by atomic mass is 10.3. The molecule has 7 heteroatoms. The lowest BCUT2D eigenvalue weighted by Crippen LogP contribution is -2.63. The predicted octanol–water partition coefficient (Wildman–Crippen LogP) is -0.370. The molecule has 1 fully saturated rings. The Hall–Kier alpha value is -0.140. The molecule has 0 spiro atoms. The first-order valence-electron chi connectivity index (χ1n) is 2.62. The fraction of sp³-hybridized carbons (Fsp3) is 0.500. The number of carbonyl (C=O) groups excluding carboxylic acids is 2. The summed E-state index contributed by atoms with van der Waals surface area (Å²) >= 11 is 5.78. The highest BCUT2D eigenvalue weighted by Gasteiger charge is 2.45. The molecule has 1 heterocycles. The Morgan fingerprint density at radius 3 is 2.45 bits per heavy atom. The van der Waals surface area contributed by atoms with Crippen LogP contribution in [-0.4, -0.2) is 26.5 Å². The Morgan fingerprint density at radius 2 is 2.00 bits per heavy atom. The van der Waals surface area contributed by atoms with Crippen LogP contribution in [0.15, 0.2) is 0 Å². The zero-order chi connectivity index (χ0) is 8.65. The minimum atomic E-state index is -1.33. The van der Waals surface area contributed by atoms with Crippen LogP contribution in [0.3, 0.4) is 0 Å². The van der Waals surface area contributed by atoms with Gasteiger partial charge in [0, 0.05) is 0 Å². The standard InChI is InChI=1S/C4H4Br2N2O3/c5-4(6)1(9)7-3(11)8-2(4)10/h1,9H,(H2,7,8,10,11). The average molecular weight is 288 g/mol. The molecule has 62 valence electrons. The summed E-state index contributed by atoms with van der Waals surface area (Å²) in [5, 5.41) is 13.1. The molecular weight excluding hydrogens is 284 g/mol. The lowest BCUT2D eigenvalue weighted by Gasteiger charge is -2.30. The summed E-state index contributed by atoms with van der Waals surface area (Å²) in [7, 11) is 0. The molecule has 3 amide bonds. The molecule has 1 aliphatic rings. The number of alkyl halides is 2. The van der Waals surface area contributed by atoms with E-state index in [0.717, 1.165) is 0 Å². The van der Waals surface area contributed by atoms with Crippen LogP contribution in [0.25, 0.3) is 0 Å². The molecule has 1 atom stereocenters. The number of halogens is 2. The van der Waals surface area contributed by atoms with Gasteiger partial charge in [0.15, 0.2) is 6.23 Å². The van der Waals surface area contributed by atoms with E-state index in [4.69, 9.17) is 5.11 Å². The number of urea groups is 1. The van der Waals surface area contributed by atoms with Crippen LogP contribution in [0.2, 0.25) is 0 Å². The van der Waals surface area contributed by atoms with Crippen LogP contribution < -0.4 is 10.6 Å². The van der Waals surface area contributed by atoms with Crippen LogP contribution in [0, 0.1) is 0 Å². The largest absolute Gasteiger partial charge is 0.371 e. The molecule has 3 N–H and O–H groups in total. The van der Waals surface area contributed by atoms with Gasteiger partial charge in [0.25, 0.3) is 5.91 Å². The molecule has 1 aliphatic heterocycles. The molecule has 0 aromatic rings. The molecular formula is C4H4Br2N2O3. The van der Waals surface area contributed by atoms with Gasteiger partial charge in [-0.25, -0.2) is 4.79 Å². The highest BCUT2D eigenvalue weighted by molar-refractivity contribution is 9.26. The van der Waals surface area contributed by atoms with Crippen molar-refractivity contribution in [2.24, 2.45) is 0 Å². The van der Waals surface area contributed by atoms with E-state index in [9.17, 15) is 9.59 Å². The minimum Gasteiger partial charge on any atom is -0.371 e. The molecule has 0 bridgehead atoms. The van der Waals surface area contributed by atoms with E-state index in [1.54, 1.807) is 0 Å². The Balaban J connectivity index is 2.84. The van der Waals surface area contributed by atoms with Gasteiger partial charge in [-0.2, -0.15) is 0 Å². The zero-order valence-corrected chi connectivity index (χ0v) is 8.27. The van der Waals surface area contributed by atoms with Crippen molar-refractivity contribution in [3.63, 3.8) is 0 Å². The summed E-state index contributed by atoms with van der Waals surface area (Å²) in [6.45, 7) is 0. The Morgan fingerprint density at radius 1 is 1.45 bits per heavy atom. The highest BCUT2D eigenvalue weighted by Crippen LogP contribution is 2.30. The van der Waals surface area contributed by atoms with E-state index in [1.807, 2.05) is 5.32 Å². The van der Waals surface area contributed by atoms with Crippen LogP contribution in [0.1, 0.15) is 0 Å². The highest BCUT2D eigenvalue weighted by atomic mass is 79.9.